The van der Waals surface area contributed by atoms with Crippen molar-refractivity contribution >= 4 is 5.97 Å². The number of esters is 1. The largest absolute Gasteiger partial charge is 0.508 e. The Morgan fingerprint density at radius 2 is 1.94 bits per heavy atom. The van der Waals surface area contributed by atoms with E-state index in [0.717, 1.165) is 5.56 Å². The molecule has 100 valence electrons. The van der Waals surface area contributed by atoms with E-state index in [1.807, 2.05) is 0 Å². The average molecular weight is 255 g/mol. The van der Waals surface area contributed by atoms with E-state index in [1.165, 1.54) is 12.1 Å². The van der Waals surface area contributed by atoms with Gasteiger partial charge in [-0.3, -0.25) is 4.79 Å². The molecular formula is C12H17NO5. The summed E-state index contributed by atoms with van der Waals surface area (Å²) in [5.41, 5.74) is 6.43. The molecule has 0 spiro atoms. The van der Waals surface area contributed by atoms with Gasteiger partial charge in [-0.25, -0.2) is 0 Å². The van der Waals surface area contributed by atoms with Crippen LogP contribution in [0.3, 0.4) is 0 Å². The van der Waals surface area contributed by atoms with Gasteiger partial charge >= 0.3 is 5.97 Å². The zero-order chi connectivity index (χ0) is 13.5. The number of phenolic OH excluding ortho intramolecular Hbond substituents is 1. The normalized spacial score (nSPS) is 13.9. The highest BCUT2D eigenvalue weighted by molar-refractivity contribution is 5.75. The third kappa shape index (κ3) is 4.70. The number of aliphatic hydroxyl groups is 2. The molecule has 1 aromatic rings. The summed E-state index contributed by atoms with van der Waals surface area (Å²) in [5.74, 6) is -0.503. The van der Waals surface area contributed by atoms with E-state index < -0.39 is 24.7 Å². The van der Waals surface area contributed by atoms with Crippen molar-refractivity contribution < 1.29 is 24.9 Å². The summed E-state index contributed by atoms with van der Waals surface area (Å²) in [5, 5.41) is 26.7. The fourth-order valence-corrected chi connectivity index (χ4v) is 1.31. The van der Waals surface area contributed by atoms with Crippen LogP contribution in [-0.4, -0.2) is 46.6 Å². The number of aliphatic hydroxyl groups excluding tert-OH is 2. The lowest BCUT2D eigenvalue weighted by atomic mass is 10.1. The number of rotatable bonds is 6. The van der Waals surface area contributed by atoms with Crippen molar-refractivity contribution in [3.63, 3.8) is 0 Å². The van der Waals surface area contributed by atoms with Gasteiger partial charge in [-0.2, -0.15) is 0 Å². The smallest absolute Gasteiger partial charge is 0.323 e. The lowest BCUT2D eigenvalue weighted by Gasteiger charge is -2.13. The van der Waals surface area contributed by atoms with Crippen molar-refractivity contribution in [1.82, 2.24) is 0 Å². The fourth-order valence-electron chi connectivity index (χ4n) is 1.31. The molecule has 0 bridgehead atoms. The van der Waals surface area contributed by atoms with E-state index in [4.69, 9.17) is 25.8 Å². The van der Waals surface area contributed by atoms with Gasteiger partial charge in [0.25, 0.3) is 0 Å². The Morgan fingerprint density at radius 3 is 2.50 bits per heavy atom. The predicted molar refractivity (Wildman–Crippen MR) is 63.8 cm³/mol. The minimum absolute atomic E-state index is 0.140. The topological polar surface area (TPSA) is 113 Å². The van der Waals surface area contributed by atoms with Gasteiger partial charge in [0.15, 0.2) is 0 Å². The van der Waals surface area contributed by atoms with Crippen LogP contribution in [-0.2, 0) is 16.0 Å². The summed E-state index contributed by atoms with van der Waals surface area (Å²) >= 11 is 0. The van der Waals surface area contributed by atoms with E-state index in [0.29, 0.717) is 0 Å². The van der Waals surface area contributed by atoms with Crippen LogP contribution >= 0.6 is 0 Å². The van der Waals surface area contributed by atoms with Gasteiger partial charge < -0.3 is 25.8 Å². The molecule has 1 unspecified atom stereocenters. The van der Waals surface area contributed by atoms with Gasteiger partial charge in [-0.1, -0.05) is 12.1 Å². The van der Waals surface area contributed by atoms with E-state index in [-0.39, 0.29) is 18.8 Å². The van der Waals surface area contributed by atoms with Gasteiger partial charge in [-0.05, 0) is 24.1 Å². The molecule has 18 heavy (non-hydrogen) atoms. The second-order valence-electron chi connectivity index (χ2n) is 3.94. The summed E-state index contributed by atoms with van der Waals surface area (Å²) in [6, 6.07) is 5.47. The first-order chi connectivity index (χ1) is 8.52. The maximum Gasteiger partial charge on any atom is 0.323 e. The van der Waals surface area contributed by atoms with Crippen LogP contribution in [0.1, 0.15) is 5.56 Å². The second-order valence-corrected chi connectivity index (χ2v) is 3.94. The molecule has 0 aliphatic heterocycles. The maximum atomic E-state index is 11.4. The lowest BCUT2D eigenvalue weighted by molar-refractivity contribution is -0.148. The highest BCUT2D eigenvalue weighted by Gasteiger charge is 2.17. The second kappa shape index (κ2) is 6.95. The van der Waals surface area contributed by atoms with Crippen LogP contribution in [0.25, 0.3) is 0 Å². The Labute approximate surface area is 105 Å². The maximum absolute atomic E-state index is 11.4. The van der Waals surface area contributed by atoms with Crippen molar-refractivity contribution in [2.75, 3.05) is 13.2 Å². The number of hydrogen-bond donors (Lipinski definition) is 4. The molecule has 0 fully saturated rings. The van der Waals surface area contributed by atoms with Gasteiger partial charge in [0.1, 0.15) is 24.5 Å². The molecule has 0 heterocycles. The fraction of sp³-hybridized carbons (Fsp3) is 0.417. The third-order valence-corrected chi connectivity index (χ3v) is 2.32. The summed E-state index contributed by atoms with van der Waals surface area (Å²) in [6.07, 6.45) is -0.816. The van der Waals surface area contributed by atoms with Crippen LogP contribution in [0.2, 0.25) is 0 Å². The Bertz CT molecular complexity index is 379. The monoisotopic (exact) mass is 255 g/mol. The zero-order valence-corrected chi connectivity index (χ0v) is 9.82. The molecule has 0 saturated heterocycles. The number of nitrogens with two attached hydrogens (primary N) is 1. The Morgan fingerprint density at radius 1 is 1.33 bits per heavy atom. The number of hydrogen-bond acceptors (Lipinski definition) is 6. The number of carbonyl (C=O) groups excluding carboxylic acids is 1. The van der Waals surface area contributed by atoms with Crippen LogP contribution in [0.4, 0.5) is 0 Å². The zero-order valence-electron chi connectivity index (χ0n) is 9.82. The van der Waals surface area contributed by atoms with Crippen LogP contribution in [0.5, 0.6) is 5.75 Å². The van der Waals surface area contributed by atoms with E-state index in [2.05, 4.69) is 0 Å². The average Bonchev–Trinajstić information content (AvgIpc) is 2.38. The minimum Gasteiger partial charge on any atom is -0.508 e. The lowest BCUT2D eigenvalue weighted by Crippen LogP contribution is -2.36. The van der Waals surface area contributed by atoms with Crippen LogP contribution in [0, 0.1) is 0 Å². The highest BCUT2D eigenvalue weighted by Crippen LogP contribution is 2.11. The molecule has 6 nitrogen and oxygen atoms in total. The van der Waals surface area contributed by atoms with Crippen LogP contribution in [0.15, 0.2) is 24.3 Å². The molecule has 6 heteroatoms. The van der Waals surface area contributed by atoms with Gasteiger partial charge in [0, 0.05) is 0 Å². The molecule has 0 aromatic heterocycles. The number of carbonyl (C=O) groups is 1. The Hall–Kier alpha value is -1.63. The number of phenols is 1. The van der Waals surface area contributed by atoms with Gasteiger partial charge in [0.2, 0.25) is 0 Å². The van der Waals surface area contributed by atoms with Crippen molar-refractivity contribution in [2.24, 2.45) is 5.73 Å². The Kier molecular flexibility index (Phi) is 5.57. The molecular weight excluding hydrogens is 238 g/mol. The van der Waals surface area contributed by atoms with Crippen molar-refractivity contribution in [3.05, 3.63) is 29.8 Å². The highest BCUT2D eigenvalue weighted by atomic mass is 16.5. The molecule has 1 aromatic carbocycles. The predicted octanol–water partition coefficient (Wildman–Crippen LogP) is -0.842. The molecule has 0 aliphatic rings. The summed E-state index contributed by atoms with van der Waals surface area (Å²) in [4.78, 5) is 11.4. The molecule has 2 atom stereocenters. The van der Waals surface area contributed by atoms with Crippen molar-refractivity contribution in [1.29, 1.82) is 0 Å². The molecule has 0 amide bonds. The van der Waals surface area contributed by atoms with E-state index >= 15 is 0 Å². The van der Waals surface area contributed by atoms with Gasteiger partial charge in [-0.15, -0.1) is 0 Å². The van der Waals surface area contributed by atoms with Crippen molar-refractivity contribution in [2.45, 2.75) is 18.6 Å². The molecule has 1 rings (SSSR count). The van der Waals surface area contributed by atoms with E-state index in [1.54, 1.807) is 12.1 Å². The Balaban J connectivity index is 2.42. The first-order valence-electron chi connectivity index (χ1n) is 5.52. The molecule has 0 radical (unpaired) electrons. The number of benzene rings is 1. The van der Waals surface area contributed by atoms with E-state index in [9.17, 15) is 4.79 Å². The summed E-state index contributed by atoms with van der Waals surface area (Å²) in [7, 11) is 0. The quantitative estimate of drug-likeness (QED) is 0.493. The minimum atomic E-state index is -1.09. The van der Waals surface area contributed by atoms with Gasteiger partial charge in [0.05, 0.1) is 6.61 Å². The molecule has 0 saturated carbocycles. The van der Waals surface area contributed by atoms with Crippen molar-refractivity contribution in [3.8, 4) is 5.75 Å². The first kappa shape index (κ1) is 14.4. The number of aromatic hydroxyl groups is 1. The number of ether oxygens (including phenoxy) is 1. The summed E-state index contributed by atoms with van der Waals surface area (Å²) < 4.78 is 4.73. The third-order valence-electron chi connectivity index (χ3n) is 2.32. The SMILES string of the molecule is N[C@@H](Cc1ccc(O)cc1)C(=O)OCC(O)CO. The van der Waals surface area contributed by atoms with Crippen LogP contribution < -0.4 is 5.73 Å². The first-order valence-corrected chi connectivity index (χ1v) is 5.52. The molecule has 0 aliphatic carbocycles. The summed E-state index contributed by atoms with van der Waals surface area (Å²) in [6.45, 7) is -0.751. The molecule has 5 N–H and O–H groups in total. The standard InChI is InChI=1S/C12H17NO5/c13-11(12(17)18-7-10(16)6-14)5-8-1-3-9(15)4-2-8/h1-4,10-11,14-16H,5-7,13H2/t10?,11-/m0/s1.